The maximum Gasteiger partial charge on any atom is 0.226 e. The van der Waals surface area contributed by atoms with Crippen molar-refractivity contribution in [2.45, 2.75) is 32.6 Å². The number of aliphatic imine (C=N–C) groups is 1. The summed E-state index contributed by atoms with van der Waals surface area (Å²) in [6, 6.07) is 10.5. The topological polar surface area (TPSA) is 75.3 Å². The van der Waals surface area contributed by atoms with Gasteiger partial charge in [-0.1, -0.05) is 35.5 Å². The lowest BCUT2D eigenvalue weighted by molar-refractivity contribution is 0.372. The Kier molecular flexibility index (Phi) is 7.10. The molecule has 1 aromatic carbocycles. The first kappa shape index (κ1) is 17.0. The van der Waals surface area contributed by atoms with Crippen molar-refractivity contribution >= 4 is 5.96 Å². The van der Waals surface area contributed by atoms with Crippen LogP contribution in [0.5, 0.6) is 0 Å². The Balaban J connectivity index is 1.56. The van der Waals surface area contributed by atoms with Crippen LogP contribution in [0.15, 0.2) is 39.8 Å². The largest absolute Gasteiger partial charge is 0.356 e. The van der Waals surface area contributed by atoms with E-state index in [2.05, 4.69) is 50.0 Å². The molecule has 2 N–H and O–H groups in total. The molecule has 0 atom stereocenters. The van der Waals surface area contributed by atoms with Crippen LogP contribution in [0, 0.1) is 6.92 Å². The third kappa shape index (κ3) is 6.50. The second-order valence-electron chi connectivity index (χ2n) is 5.35. The van der Waals surface area contributed by atoms with Crippen molar-refractivity contribution in [1.29, 1.82) is 0 Å². The molecule has 2 rings (SSSR count). The van der Waals surface area contributed by atoms with Crippen molar-refractivity contribution in [3.05, 3.63) is 47.6 Å². The van der Waals surface area contributed by atoms with Gasteiger partial charge in [0.25, 0.3) is 0 Å². The molecule has 0 saturated heterocycles. The fourth-order valence-electron chi connectivity index (χ4n) is 2.25. The van der Waals surface area contributed by atoms with E-state index >= 15 is 0 Å². The number of hydrogen-bond acceptors (Lipinski definition) is 4. The lowest BCUT2D eigenvalue weighted by atomic mass is 10.1. The number of benzene rings is 1. The normalized spacial score (nSPS) is 11.5. The van der Waals surface area contributed by atoms with Gasteiger partial charge in [-0.25, -0.2) is 0 Å². The molecule has 0 fully saturated rings. The Morgan fingerprint density at radius 1 is 1.09 bits per heavy atom. The summed E-state index contributed by atoms with van der Waals surface area (Å²) in [6.45, 7) is 3.55. The first-order chi connectivity index (χ1) is 11.3. The molecule has 0 bridgehead atoms. The number of nitrogens with one attached hydrogen (secondary N) is 2. The summed E-state index contributed by atoms with van der Waals surface area (Å²) in [6.07, 6.45) is 3.85. The van der Waals surface area contributed by atoms with E-state index in [0.717, 1.165) is 44.7 Å². The zero-order valence-electron chi connectivity index (χ0n) is 13.9. The Labute approximate surface area is 137 Å². The maximum atomic E-state index is 5.08. The average molecular weight is 315 g/mol. The van der Waals surface area contributed by atoms with Crippen LogP contribution in [0.4, 0.5) is 0 Å². The quantitative estimate of drug-likeness (QED) is 0.443. The average Bonchev–Trinajstić information content (AvgIpc) is 2.99. The summed E-state index contributed by atoms with van der Waals surface area (Å²) in [5.41, 5.74) is 1.37. The monoisotopic (exact) mass is 315 g/mol. The van der Waals surface area contributed by atoms with Gasteiger partial charge in [0.2, 0.25) is 5.89 Å². The molecule has 1 heterocycles. The van der Waals surface area contributed by atoms with Crippen LogP contribution in [-0.2, 0) is 12.8 Å². The first-order valence-electron chi connectivity index (χ1n) is 8.05. The third-order valence-corrected chi connectivity index (χ3v) is 3.43. The van der Waals surface area contributed by atoms with Crippen molar-refractivity contribution in [2.75, 3.05) is 20.1 Å². The molecule has 0 amide bonds. The van der Waals surface area contributed by atoms with Crippen LogP contribution in [0.3, 0.4) is 0 Å². The number of nitrogens with zero attached hydrogens (tertiary/aromatic N) is 3. The van der Waals surface area contributed by atoms with E-state index in [1.165, 1.54) is 5.56 Å². The zero-order valence-corrected chi connectivity index (χ0v) is 13.9. The van der Waals surface area contributed by atoms with Crippen molar-refractivity contribution in [1.82, 2.24) is 20.8 Å². The van der Waals surface area contributed by atoms with Gasteiger partial charge < -0.3 is 15.2 Å². The number of guanidine groups is 1. The van der Waals surface area contributed by atoms with E-state index < -0.39 is 0 Å². The molecule has 0 aliphatic carbocycles. The van der Waals surface area contributed by atoms with Gasteiger partial charge in [0.1, 0.15) is 0 Å². The van der Waals surface area contributed by atoms with Crippen LogP contribution in [0.25, 0.3) is 0 Å². The van der Waals surface area contributed by atoms with Crippen LogP contribution in [0.2, 0.25) is 0 Å². The highest BCUT2D eigenvalue weighted by atomic mass is 16.5. The lowest BCUT2D eigenvalue weighted by Gasteiger charge is -2.11. The zero-order chi connectivity index (χ0) is 16.3. The Hall–Kier alpha value is -2.37. The van der Waals surface area contributed by atoms with Gasteiger partial charge in [-0.3, -0.25) is 4.99 Å². The van der Waals surface area contributed by atoms with Crippen molar-refractivity contribution in [3.8, 4) is 0 Å². The molecule has 0 spiro atoms. The number of hydrogen-bond donors (Lipinski definition) is 2. The standard InChI is InChI=1S/C17H25N5O/c1-14-21-16(23-22-14)11-7-13-20-17(18-2)19-12-6-10-15-8-4-3-5-9-15/h3-5,8-9H,6-7,10-13H2,1-2H3,(H2,18,19,20). The van der Waals surface area contributed by atoms with Gasteiger partial charge in [-0.2, -0.15) is 4.98 Å². The number of aromatic nitrogens is 2. The minimum atomic E-state index is 0.684. The van der Waals surface area contributed by atoms with Gasteiger partial charge >= 0.3 is 0 Å². The molecule has 6 heteroatoms. The van der Waals surface area contributed by atoms with E-state index in [0.29, 0.717) is 11.7 Å². The molecule has 124 valence electrons. The molecule has 0 radical (unpaired) electrons. The second kappa shape index (κ2) is 9.61. The molecule has 0 unspecified atom stereocenters. The highest BCUT2D eigenvalue weighted by Crippen LogP contribution is 2.01. The van der Waals surface area contributed by atoms with Gasteiger partial charge in [0.15, 0.2) is 11.8 Å². The van der Waals surface area contributed by atoms with Crippen molar-refractivity contribution in [2.24, 2.45) is 4.99 Å². The summed E-state index contributed by atoms with van der Waals surface area (Å²) in [5.74, 6) is 2.21. The molecule has 0 aliphatic rings. The summed E-state index contributed by atoms with van der Waals surface area (Å²) < 4.78 is 5.08. The van der Waals surface area contributed by atoms with Gasteiger partial charge in [-0.15, -0.1) is 0 Å². The highest BCUT2D eigenvalue weighted by Gasteiger charge is 2.02. The smallest absolute Gasteiger partial charge is 0.226 e. The summed E-state index contributed by atoms with van der Waals surface area (Å²) in [7, 11) is 1.79. The molecular formula is C17H25N5O. The molecule has 6 nitrogen and oxygen atoms in total. The molecular weight excluding hydrogens is 290 g/mol. The lowest BCUT2D eigenvalue weighted by Crippen LogP contribution is -2.38. The minimum Gasteiger partial charge on any atom is -0.356 e. The van der Waals surface area contributed by atoms with Crippen LogP contribution in [0.1, 0.15) is 30.1 Å². The SMILES string of the molecule is CN=C(NCCCc1ccccc1)NCCCc1nc(C)no1. The minimum absolute atomic E-state index is 0.684. The summed E-state index contributed by atoms with van der Waals surface area (Å²) >= 11 is 0. The molecule has 2 aromatic rings. The van der Waals surface area contributed by atoms with Gasteiger partial charge in [0.05, 0.1) is 0 Å². The molecule has 23 heavy (non-hydrogen) atoms. The predicted molar refractivity (Wildman–Crippen MR) is 91.5 cm³/mol. The fourth-order valence-corrected chi connectivity index (χ4v) is 2.25. The van der Waals surface area contributed by atoms with Crippen LogP contribution < -0.4 is 10.6 Å². The van der Waals surface area contributed by atoms with Crippen LogP contribution >= 0.6 is 0 Å². The highest BCUT2D eigenvalue weighted by molar-refractivity contribution is 5.79. The Morgan fingerprint density at radius 3 is 2.39 bits per heavy atom. The van der Waals surface area contributed by atoms with Crippen LogP contribution in [-0.4, -0.2) is 36.2 Å². The second-order valence-corrected chi connectivity index (χ2v) is 5.35. The summed E-state index contributed by atoms with van der Waals surface area (Å²) in [4.78, 5) is 8.41. The molecule has 1 aromatic heterocycles. The van der Waals surface area contributed by atoms with Gasteiger partial charge in [0, 0.05) is 26.6 Å². The van der Waals surface area contributed by atoms with Crippen molar-refractivity contribution in [3.63, 3.8) is 0 Å². The van der Waals surface area contributed by atoms with Gasteiger partial charge in [-0.05, 0) is 31.7 Å². The Morgan fingerprint density at radius 2 is 1.78 bits per heavy atom. The maximum absolute atomic E-state index is 5.08. The number of aryl methyl sites for hydroxylation is 3. The Bertz CT molecular complexity index is 594. The van der Waals surface area contributed by atoms with E-state index in [4.69, 9.17) is 4.52 Å². The van der Waals surface area contributed by atoms with E-state index in [9.17, 15) is 0 Å². The number of rotatable bonds is 8. The van der Waals surface area contributed by atoms with E-state index in [1.807, 2.05) is 13.0 Å². The fraction of sp³-hybridized carbons (Fsp3) is 0.471. The third-order valence-electron chi connectivity index (χ3n) is 3.43. The van der Waals surface area contributed by atoms with E-state index in [1.54, 1.807) is 7.05 Å². The van der Waals surface area contributed by atoms with Crippen molar-refractivity contribution < 1.29 is 4.52 Å². The van der Waals surface area contributed by atoms with E-state index in [-0.39, 0.29) is 0 Å². The summed E-state index contributed by atoms with van der Waals surface area (Å²) in [5, 5.41) is 10.4. The molecule has 0 aliphatic heterocycles. The molecule has 0 saturated carbocycles. The predicted octanol–water partition coefficient (Wildman–Crippen LogP) is 2.11. The first-order valence-corrected chi connectivity index (χ1v) is 8.05.